The van der Waals surface area contributed by atoms with Crippen LogP contribution < -0.4 is 10.6 Å². The number of nitrogens with one attached hydrogen (secondary N) is 2. The van der Waals surface area contributed by atoms with Crippen LogP contribution in [0.3, 0.4) is 0 Å². The molecule has 0 spiro atoms. The molecule has 0 atom stereocenters. The number of methoxy groups -OCH3 is 1. The lowest BCUT2D eigenvalue weighted by molar-refractivity contribution is 0.102. The Hall–Kier alpha value is -1.99. The van der Waals surface area contributed by atoms with E-state index >= 15 is 0 Å². The first-order chi connectivity index (χ1) is 11.0. The summed E-state index contributed by atoms with van der Waals surface area (Å²) in [5.41, 5.74) is 2.04. The average molecular weight is 379 g/mol. The van der Waals surface area contributed by atoms with Crippen molar-refractivity contribution in [1.82, 2.24) is 9.97 Å². The zero-order chi connectivity index (χ0) is 16.8. The number of rotatable bonds is 6. The molecule has 0 aliphatic rings. The first-order valence-electron chi connectivity index (χ1n) is 7.15. The number of nitrogens with zero attached hydrogens (tertiary/aromatic N) is 2. The lowest BCUT2D eigenvalue weighted by Gasteiger charge is -2.10. The summed E-state index contributed by atoms with van der Waals surface area (Å²) in [6, 6.07) is 7.31. The van der Waals surface area contributed by atoms with Gasteiger partial charge in [-0.05, 0) is 37.6 Å². The molecule has 1 aromatic carbocycles. The fourth-order valence-corrected chi connectivity index (χ4v) is 2.48. The van der Waals surface area contributed by atoms with E-state index in [-0.39, 0.29) is 5.91 Å². The van der Waals surface area contributed by atoms with Gasteiger partial charge in [-0.2, -0.15) is 0 Å². The van der Waals surface area contributed by atoms with Crippen molar-refractivity contribution in [2.45, 2.75) is 13.8 Å². The van der Waals surface area contributed by atoms with Crippen LogP contribution in [-0.2, 0) is 4.74 Å². The van der Waals surface area contributed by atoms with Crippen molar-refractivity contribution in [2.75, 3.05) is 30.9 Å². The summed E-state index contributed by atoms with van der Waals surface area (Å²) in [7, 11) is 1.63. The molecule has 122 valence electrons. The Balaban J connectivity index is 2.15. The molecule has 0 saturated carbocycles. The Morgan fingerprint density at radius 2 is 2.04 bits per heavy atom. The fraction of sp³-hybridized carbons (Fsp3) is 0.312. The van der Waals surface area contributed by atoms with Crippen molar-refractivity contribution in [1.29, 1.82) is 0 Å². The minimum Gasteiger partial charge on any atom is -0.383 e. The summed E-state index contributed by atoms with van der Waals surface area (Å²) in [5.74, 6) is 0.869. The van der Waals surface area contributed by atoms with E-state index in [1.54, 1.807) is 20.1 Å². The molecule has 1 aromatic heterocycles. The molecule has 0 saturated heterocycles. The normalized spacial score (nSPS) is 10.4. The molecule has 2 aromatic rings. The largest absolute Gasteiger partial charge is 0.383 e. The van der Waals surface area contributed by atoms with Gasteiger partial charge in [0.2, 0.25) is 0 Å². The van der Waals surface area contributed by atoms with Gasteiger partial charge in [-0.3, -0.25) is 4.79 Å². The number of aromatic nitrogens is 2. The van der Waals surface area contributed by atoms with Crippen LogP contribution in [0.15, 0.2) is 28.7 Å². The molecule has 2 N–H and O–H groups in total. The van der Waals surface area contributed by atoms with Crippen LogP contribution in [0.25, 0.3) is 0 Å². The SMILES string of the molecule is COCCNc1cc(C(=O)Nc2ccc(Br)cc2C)nc(C)n1. The Bertz CT molecular complexity index is 706. The first-order valence-corrected chi connectivity index (χ1v) is 7.95. The quantitative estimate of drug-likeness (QED) is 0.754. The predicted octanol–water partition coefficient (Wildman–Crippen LogP) is 3.17. The molecule has 6 nitrogen and oxygen atoms in total. The smallest absolute Gasteiger partial charge is 0.274 e. The molecule has 23 heavy (non-hydrogen) atoms. The van der Waals surface area contributed by atoms with Gasteiger partial charge in [-0.15, -0.1) is 0 Å². The highest BCUT2D eigenvalue weighted by atomic mass is 79.9. The van der Waals surface area contributed by atoms with Gasteiger partial charge in [0.15, 0.2) is 0 Å². The lowest BCUT2D eigenvalue weighted by atomic mass is 10.2. The van der Waals surface area contributed by atoms with Crippen LogP contribution in [0, 0.1) is 13.8 Å². The molecule has 2 rings (SSSR count). The fourth-order valence-electron chi connectivity index (χ4n) is 2.01. The molecule has 1 amide bonds. The summed E-state index contributed by atoms with van der Waals surface area (Å²) >= 11 is 3.40. The number of ether oxygens (including phenoxy) is 1. The maximum atomic E-state index is 12.4. The van der Waals surface area contributed by atoms with Crippen molar-refractivity contribution in [3.63, 3.8) is 0 Å². The van der Waals surface area contributed by atoms with Crippen molar-refractivity contribution >= 4 is 33.3 Å². The number of halogens is 1. The Kier molecular flexibility index (Phi) is 6.06. The van der Waals surface area contributed by atoms with Crippen molar-refractivity contribution in [3.05, 3.63) is 45.8 Å². The zero-order valence-corrected chi connectivity index (χ0v) is 14.9. The van der Waals surface area contributed by atoms with E-state index in [0.717, 1.165) is 15.7 Å². The van der Waals surface area contributed by atoms with E-state index in [9.17, 15) is 4.79 Å². The molecule has 0 unspecified atom stereocenters. The third-order valence-electron chi connectivity index (χ3n) is 3.12. The van der Waals surface area contributed by atoms with E-state index in [1.165, 1.54) is 0 Å². The second kappa shape index (κ2) is 8.03. The number of carbonyl (C=O) groups is 1. The minimum absolute atomic E-state index is 0.268. The molecule has 0 bridgehead atoms. The van der Waals surface area contributed by atoms with Gasteiger partial charge in [-0.1, -0.05) is 15.9 Å². The van der Waals surface area contributed by atoms with Crippen LogP contribution in [0.5, 0.6) is 0 Å². The van der Waals surface area contributed by atoms with Crippen LogP contribution in [0.4, 0.5) is 11.5 Å². The van der Waals surface area contributed by atoms with Crippen LogP contribution in [-0.4, -0.2) is 36.1 Å². The van der Waals surface area contributed by atoms with E-state index < -0.39 is 0 Å². The van der Waals surface area contributed by atoms with Gasteiger partial charge >= 0.3 is 0 Å². The van der Waals surface area contributed by atoms with Gasteiger partial charge in [0.1, 0.15) is 17.3 Å². The average Bonchev–Trinajstić information content (AvgIpc) is 2.50. The lowest BCUT2D eigenvalue weighted by Crippen LogP contribution is -2.17. The number of carbonyl (C=O) groups excluding carboxylic acids is 1. The highest BCUT2D eigenvalue weighted by molar-refractivity contribution is 9.10. The number of benzene rings is 1. The van der Waals surface area contributed by atoms with Gasteiger partial charge in [0, 0.05) is 29.9 Å². The number of anilines is 2. The topological polar surface area (TPSA) is 76.1 Å². The van der Waals surface area contributed by atoms with Crippen molar-refractivity contribution < 1.29 is 9.53 Å². The number of amides is 1. The Morgan fingerprint density at radius 1 is 1.26 bits per heavy atom. The van der Waals surface area contributed by atoms with E-state index in [1.807, 2.05) is 25.1 Å². The molecular formula is C16H19BrN4O2. The van der Waals surface area contributed by atoms with Gasteiger partial charge < -0.3 is 15.4 Å². The summed E-state index contributed by atoms with van der Waals surface area (Å²) in [5, 5.41) is 5.97. The summed E-state index contributed by atoms with van der Waals surface area (Å²) in [4.78, 5) is 20.9. The zero-order valence-electron chi connectivity index (χ0n) is 13.3. The summed E-state index contributed by atoms with van der Waals surface area (Å²) < 4.78 is 5.95. The van der Waals surface area contributed by atoms with Crippen LogP contribution >= 0.6 is 15.9 Å². The van der Waals surface area contributed by atoms with Gasteiger partial charge in [0.05, 0.1) is 6.61 Å². The highest BCUT2D eigenvalue weighted by Gasteiger charge is 2.12. The van der Waals surface area contributed by atoms with E-state index in [0.29, 0.717) is 30.5 Å². The molecule has 1 heterocycles. The van der Waals surface area contributed by atoms with E-state index in [2.05, 4.69) is 36.5 Å². The van der Waals surface area contributed by atoms with Crippen molar-refractivity contribution in [2.24, 2.45) is 0 Å². The molecule has 0 aliphatic heterocycles. The van der Waals surface area contributed by atoms with E-state index in [4.69, 9.17) is 4.74 Å². The maximum absolute atomic E-state index is 12.4. The molecular weight excluding hydrogens is 360 g/mol. The molecule has 0 aliphatic carbocycles. The Morgan fingerprint density at radius 3 is 2.74 bits per heavy atom. The van der Waals surface area contributed by atoms with Gasteiger partial charge in [0.25, 0.3) is 5.91 Å². The number of hydrogen-bond acceptors (Lipinski definition) is 5. The second-order valence-corrected chi connectivity index (χ2v) is 5.93. The second-order valence-electron chi connectivity index (χ2n) is 5.02. The van der Waals surface area contributed by atoms with Gasteiger partial charge in [-0.25, -0.2) is 9.97 Å². The predicted molar refractivity (Wildman–Crippen MR) is 94.0 cm³/mol. The summed E-state index contributed by atoms with van der Waals surface area (Å²) in [6.07, 6.45) is 0. The van der Waals surface area contributed by atoms with Crippen LogP contribution in [0.2, 0.25) is 0 Å². The highest BCUT2D eigenvalue weighted by Crippen LogP contribution is 2.20. The standard InChI is InChI=1S/C16H19BrN4O2/c1-10-8-12(17)4-5-13(10)21-16(22)14-9-15(18-6-7-23-3)20-11(2)19-14/h4-5,8-9H,6-7H2,1-3H3,(H,21,22)(H,18,19,20). The van der Waals surface area contributed by atoms with Crippen molar-refractivity contribution in [3.8, 4) is 0 Å². The van der Waals surface area contributed by atoms with Crippen LogP contribution in [0.1, 0.15) is 21.9 Å². The maximum Gasteiger partial charge on any atom is 0.274 e. The molecule has 7 heteroatoms. The number of aryl methyl sites for hydroxylation is 2. The summed E-state index contributed by atoms with van der Waals surface area (Å²) in [6.45, 7) is 4.86. The Labute approximate surface area is 143 Å². The molecule has 0 radical (unpaired) electrons. The third kappa shape index (κ3) is 5.01. The third-order valence-corrected chi connectivity index (χ3v) is 3.61. The molecule has 0 fully saturated rings. The number of hydrogen-bond donors (Lipinski definition) is 2. The first kappa shape index (κ1) is 17.4. The minimum atomic E-state index is -0.268. The monoisotopic (exact) mass is 378 g/mol.